The Labute approximate surface area is 168 Å². The summed E-state index contributed by atoms with van der Waals surface area (Å²) in [5.41, 5.74) is 4.12. The second kappa shape index (κ2) is 8.52. The molecule has 2 heteroatoms. The van der Waals surface area contributed by atoms with Gasteiger partial charge in [-0.3, -0.25) is 0 Å². The predicted molar refractivity (Wildman–Crippen MR) is 121 cm³/mol. The summed E-state index contributed by atoms with van der Waals surface area (Å²) in [5, 5.41) is 2.66. The van der Waals surface area contributed by atoms with Crippen LogP contribution in [0.25, 0.3) is 21.8 Å². The van der Waals surface area contributed by atoms with Gasteiger partial charge in [-0.25, -0.2) is 0 Å². The summed E-state index contributed by atoms with van der Waals surface area (Å²) in [6.45, 7) is 6.73. The minimum absolute atomic E-state index is 0.734. The Hall–Kier alpha value is -2.74. The molecule has 0 radical (unpaired) electrons. The molecule has 4 aromatic rings. The molecule has 0 aliphatic rings. The van der Waals surface area contributed by atoms with E-state index in [1.165, 1.54) is 46.6 Å². The lowest BCUT2D eigenvalue weighted by atomic mass is 10.0. The molecule has 0 bridgehead atoms. The maximum Gasteiger partial charge on any atom is 0.0483 e. The first-order valence-corrected chi connectivity index (χ1v) is 10.4. The molecule has 0 amide bonds. The average molecular weight is 371 g/mol. The zero-order chi connectivity index (χ0) is 19.3. The maximum absolute atomic E-state index is 2.43. The number of aryl methyl sites for hydroxylation is 1. The van der Waals surface area contributed by atoms with Gasteiger partial charge in [0.1, 0.15) is 0 Å². The minimum atomic E-state index is 0.734. The number of rotatable bonds is 8. The van der Waals surface area contributed by atoms with E-state index in [1.54, 1.807) is 0 Å². The van der Waals surface area contributed by atoms with Crippen LogP contribution >= 0.6 is 0 Å². The van der Waals surface area contributed by atoms with Crippen LogP contribution in [0.3, 0.4) is 0 Å². The Kier molecular flexibility index (Phi) is 5.66. The van der Waals surface area contributed by atoms with E-state index in [2.05, 4.69) is 102 Å². The Balaban J connectivity index is 1.26. The number of benzene rings is 2. The summed E-state index contributed by atoms with van der Waals surface area (Å²) in [4.78, 5) is 0. The van der Waals surface area contributed by atoms with E-state index in [1.807, 2.05) is 0 Å². The molecule has 0 saturated heterocycles. The van der Waals surface area contributed by atoms with Crippen LogP contribution in [0.4, 0.5) is 0 Å². The summed E-state index contributed by atoms with van der Waals surface area (Å²) < 4.78 is 4.74. The second-order valence-electron chi connectivity index (χ2n) is 8.09. The van der Waals surface area contributed by atoms with Crippen LogP contribution in [-0.2, 0) is 13.1 Å². The molecule has 4 rings (SSSR count). The third-order valence-corrected chi connectivity index (χ3v) is 5.80. The van der Waals surface area contributed by atoms with Gasteiger partial charge in [0, 0.05) is 36.5 Å². The molecule has 2 heterocycles. The summed E-state index contributed by atoms with van der Waals surface area (Å²) in [6.07, 6.45) is 10.5. The topological polar surface area (TPSA) is 9.86 Å². The van der Waals surface area contributed by atoms with Gasteiger partial charge in [-0.05, 0) is 67.1 Å². The number of nitrogens with zero attached hydrogens (tertiary/aromatic N) is 2. The van der Waals surface area contributed by atoms with E-state index < -0.39 is 0 Å². The van der Waals surface area contributed by atoms with Crippen molar-refractivity contribution in [3.8, 4) is 0 Å². The maximum atomic E-state index is 2.43. The SMILES string of the molecule is CC(=CCCC(C)CCn1ccc2ccccc21)Cn1ccc2ccccc21. The van der Waals surface area contributed by atoms with Crippen LogP contribution in [0.1, 0.15) is 33.1 Å². The Morgan fingerprint density at radius 2 is 1.43 bits per heavy atom. The lowest BCUT2D eigenvalue weighted by Gasteiger charge is -2.12. The van der Waals surface area contributed by atoms with Gasteiger partial charge in [0.15, 0.2) is 0 Å². The summed E-state index contributed by atoms with van der Waals surface area (Å²) in [7, 11) is 0. The monoisotopic (exact) mass is 370 g/mol. The van der Waals surface area contributed by atoms with E-state index >= 15 is 0 Å². The molecule has 2 nitrogen and oxygen atoms in total. The third-order valence-electron chi connectivity index (χ3n) is 5.80. The molecule has 0 saturated carbocycles. The molecule has 1 unspecified atom stereocenters. The molecular weight excluding hydrogens is 340 g/mol. The van der Waals surface area contributed by atoms with E-state index in [4.69, 9.17) is 0 Å². The van der Waals surface area contributed by atoms with Crippen molar-refractivity contribution in [3.05, 3.63) is 84.7 Å². The van der Waals surface area contributed by atoms with Crippen LogP contribution < -0.4 is 0 Å². The van der Waals surface area contributed by atoms with Gasteiger partial charge < -0.3 is 9.13 Å². The molecule has 144 valence electrons. The van der Waals surface area contributed by atoms with Crippen LogP contribution in [0, 0.1) is 5.92 Å². The highest BCUT2D eigenvalue weighted by Gasteiger charge is 2.05. The number of fused-ring (bicyclic) bond motifs is 2. The van der Waals surface area contributed by atoms with Crippen molar-refractivity contribution in [1.29, 1.82) is 0 Å². The smallest absolute Gasteiger partial charge is 0.0483 e. The number of para-hydroxylation sites is 2. The lowest BCUT2D eigenvalue weighted by molar-refractivity contribution is 0.459. The molecule has 2 aromatic carbocycles. The molecule has 2 aromatic heterocycles. The third kappa shape index (κ3) is 4.22. The highest BCUT2D eigenvalue weighted by molar-refractivity contribution is 5.80. The largest absolute Gasteiger partial charge is 0.347 e. The van der Waals surface area contributed by atoms with Crippen LogP contribution in [-0.4, -0.2) is 9.13 Å². The van der Waals surface area contributed by atoms with Crippen molar-refractivity contribution in [3.63, 3.8) is 0 Å². The fourth-order valence-corrected chi connectivity index (χ4v) is 4.07. The highest BCUT2D eigenvalue weighted by Crippen LogP contribution is 2.20. The van der Waals surface area contributed by atoms with Crippen molar-refractivity contribution >= 4 is 21.8 Å². The first-order chi connectivity index (χ1) is 13.7. The molecule has 0 aliphatic carbocycles. The van der Waals surface area contributed by atoms with E-state index in [9.17, 15) is 0 Å². The fourth-order valence-electron chi connectivity index (χ4n) is 4.07. The van der Waals surface area contributed by atoms with Gasteiger partial charge >= 0.3 is 0 Å². The predicted octanol–water partition coefficient (Wildman–Crippen LogP) is 7.05. The Bertz CT molecular complexity index is 1080. The van der Waals surface area contributed by atoms with Crippen molar-refractivity contribution in [2.45, 2.75) is 46.2 Å². The van der Waals surface area contributed by atoms with Crippen LogP contribution in [0.5, 0.6) is 0 Å². The fraction of sp³-hybridized carbons (Fsp3) is 0.308. The zero-order valence-corrected chi connectivity index (χ0v) is 17.0. The van der Waals surface area contributed by atoms with Crippen molar-refractivity contribution in [2.24, 2.45) is 5.92 Å². The first kappa shape index (κ1) is 18.6. The zero-order valence-electron chi connectivity index (χ0n) is 17.0. The summed E-state index contributed by atoms with van der Waals surface area (Å²) in [5.74, 6) is 0.734. The molecule has 1 atom stereocenters. The molecule has 0 aliphatic heterocycles. The first-order valence-electron chi connectivity index (χ1n) is 10.4. The van der Waals surface area contributed by atoms with Gasteiger partial charge in [-0.1, -0.05) is 55.0 Å². The number of aromatic nitrogens is 2. The molecular formula is C26H30N2. The van der Waals surface area contributed by atoms with Crippen LogP contribution in [0.2, 0.25) is 0 Å². The molecule has 0 N–H and O–H groups in total. The van der Waals surface area contributed by atoms with Crippen molar-refractivity contribution in [2.75, 3.05) is 0 Å². The minimum Gasteiger partial charge on any atom is -0.347 e. The summed E-state index contributed by atoms with van der Waals surface area (Å²) >= 11 is 0. The number of hydrogen-bond donors (Lipinski definition) is 0. The molecule has 28 heavy (non-hydrogen) atoms. The van der Waals surface area contributed by atoms with Gasteiger partial charge in [0.25, 0.3) is 0 Å². The normalized spacial score (nSPS) is 13.4. The quantitative estimate of drug-likeness (QED) is 0.294. The van der Waals surface area contributed by atoms with Gasteiger partial charge in [0.05, 0.1) is 0 Å². The summed E-state index contributed by atoms with van der Waals surface area (Å²) in [6, 6.07) is 21.7. The van der Waals surface area contributed by atoms with Crippen LogP contribution in [0.15, 0.2) is 84.7 Å². The average Bonchev–Trinajstić information content (AvgIpc) is 3.31. The molecule has 0 fully saturated rings. The molecule has 0 spiro atoms. The van der Waals surface area contributed by atoms with Gasteiger partial charge in [-0.15, -0.1) is 0 Å². The van der Waals surface area contributed by atoms with Gasteiger partial charge in [0.2, 0.25) is 0 Å². The van der Waals surface area contributed by atoms with E-state index in [0.29, 0.717) is 0 Å². The highest BCUT2D eigenvalue weighted by atomic mass is 15.0. The number of allylic oxidation sites excluding steroid dienone is 2. The Morgan fingerprint density at radius 3 is 2.14 bits per heavy atom. The van der Waals surface area contributed by atoms with Gasteiger partial charge in [-0.2, -0.15) is 0 Å². The second-order valence-corrected chi connectivity index (χ2v) is 8.09. The Morgan fingerprint density at radius 1 is 0.821 bits per heavy atom. The number of hydrogen-bond acceptors (Lipinski definition) is 0. The van der Waals surface area contributed by atoms with Crippen molar-refractivity contribution in [1.82, 2.24) is 9.13 Å². The van der Waals surface area contributed by atoms with E-state index in [0.717, 1.165) is 19.0 Å². The standard InChI is InChI=1S/C26H30N2/c1-21(14-17-27-18-15-23-10-3-5-12-25(23)27)8-7-9-22(2)20-28-19-16-24-11-4-6-13-26(24)28/h3-6,9-13,15-16,18-19,21H,7-8,14,17,20H2,1-2H3. The van der Waals surface area contributed by atoms with Crippen molar-refractivity contribution < 1.29 is 0 Å². The lowest BCUT2D eigenvalue weighted by Crippen LogP contribution is -2.03. The van der Waals surface area contributed by atoms with E-state index in [-0.39, 0.29) is 0 Å².